The summed E-state index contributed by atoms with van der Waals surface area (Å²) in [5.41, 5.74) is 11.0. The van der Waals surface area contributed by atoms with Crippen LogP contribution in [0.4, 0.5) is 4.39 Å². The summed E-state index contributed by atoms with van der Waals surface area (Å²) >= 11 is 0. The number of halogens is 1. The van der Waals surface area contributed by atoms with E-state index in [1.165, 1.54) is 5.57 Å². The lowest BCUT2D eigenvalue weighted by atomic mass is 9.71. The number of phenolic OH excluding ortho intramolecular Hbond substituents is 1. The molecule has 1 saturated heterocycles. The van der Waals surface area contributed by atoms with Crippen LogP contribution in [0.15, 0.2) is 30.5 Å². The third-order valence-electron chi connectivity index (χ3n) is 9.51. The monoisotopic (exact) mass is 509 g/mol. The Morgan fingerprint density at radius 3 is 2.73 bits per heavy atom. The highest BCUT2D eigenvalue weighted by atomic mass is 19.1. The van der Waals surface area contributed by atoms with E-state index in [-0.39, 0.29) is 29.7 Å². The average molecular weight is 510 g/mol. The van der Waals surface area contributed by atoms with Crippen LogP contribution in [-0.2, 0) is 6.42 Å². The molecule has 3 heterocycles. The van der Waals surface area contributed by atoms with Crippen LogP contribution in [0.3, 0.4) is 0 Å². The highest BCUT2D eigenvalue weighted by Gasteiger charge is 2.48. The van der Waals surface area contributed by atoms with Crippen molar-refractivity contribution in [2.45, 2.75) is 82.1 Å². The van der Waals surface area contributed by atoms with Gasteiger partial charge in [-0.3, -0.25) is 10.3 Å². The second kappa shape index (κ2) is 10.5. The molecule has 6 rings (SSSR count). The molecule has 200 valence electrons. The summed E-state index contributed by atoms with van der Waals surface area (Å²) in [4.78, 5) is 10.8. The summed E-state index contributed by atoms with van der Waals surface area (Å²) in [6.45, 7) is 4.27. The molecule has 2 saturated carbocycles. The first-order valence-corrected chi connectivity index (χ1v) is 14.1. The van der Waals surface area contributed by atoms with Gasteiger partial charge in [0.05, 0.1) is 24.0 Å². The van der Waals surface area contributed by atoms with Crippen molar-refractivity contribution in [2.24, 2.45) is 11.8 Å². The Kier molecular flexibility index (Phi) is 7.09. The van der Waals surface area contributed by atoms with Gasteiger partial charge < -0.3 is 15.2 Å². The van der Waals surface area contributed by atoms with E-state index in [4.69, 9.17) is 4.98 Å². The van der Waals surface area contributed by atoms with Gasteiger partial charge in [0.2, 0.25) is 0 Å². The zero-order chi connectivity index (χ0) is 25.5. The van der Waals surface area contributed by atoms with Crippen molar-refractivity contribution >= 4 is 5.57 Å². The van der Waals surface area contributed by atoms with E-state index in [1.54, 1.807) is 12.1 Å². The number of nitrogens with one attached hydrogen (secondary N) is 3. The van der Waals surface area contributed by atoms with Gasteiger partial charge in [-0.15, -0.1) is 0 Å². The fourth-order valence-electron chi connectivity index (χ4n) is 7.31. The number of benzene rings is 1. The van der Waals surface area contributed by atoms with Gasteiger partial charge >= 0.3 is 0 Å². The van der Waals surface area contributed by atoms with Crippen LogP contribution in [0.5, 0.6) is 5.75 Å². The first-order chi connectivity index (χ1) is 18.1. The Morgan fingerprint density at radius 1 is 1.11 bits per heavy atom. The molecule has 2 aromatic rings. The van der Waals surface area contributed by atoms with Crippen LogP contribution in [-0.4, -0.2) is 63.0 Å². The second-order valence-electron chi connectivity index (χ2n) is 11.5. The molecule has 8 heteroatoms. The SMILES string of the molecule is CCc1cc(O)ccc1C1CCC2C(c3ncc(C4=CCN(C5CCC(CO)CC5)C4)[nH]3)NNC2C1F. The van der Waals surface area contributed by atoms with Crippen LogP contribution >= 0.6 is 0 Å². The number of aromatic amines is 1. The minimum atomic E-state index is -1.01. The maximum Gasteiger partial charge on any atom is 0.125 e. The van der Waals surface area contributed by atoms with Crippen molar-refractivity contribution in [1.29, 1.82) is 0 Å². The molecule has 3 fully saturated rings. The fourth-order valence-corrected chi connectivity index (χ4v) is 7.31. The average Bonchev–Trinajstić information content (AvgIpc) is 3.68. The topological polar surface area (TPSA) is 96.4 Å². The van der Waals surface area contributed by atoms with Gasteiger partial charge in [0.15, 0.2) is 0 Å². The molecule has 1 aromatic carbocycles. The highest BCUT2D eigenvalue weighted by molar-refractivity contribution is 5.66. The van der Waals surface area contributed by atoms with Gasteiger partial charge in [-0.25, -0.2) is 14.8 Å². The van der Waals surface area contributed by atoms with Gasteiger partial charge in [0.1, 0.15) is 17.7 Å². The number of nitrogens with zero attached hydrogens (tertiary/aromatic N) is 2. The number of aromatic nitrogens is 2. The molecule has 0 amide bonds. The Hall–Kier alpha value is -2.26. The number of aromatic hydroxyl groups is 1. The van der Waals surface area contributed by atoms with Crippen molar-refractivity contribution < 1.29 is 14.6 Å². The number of rotatable bonds is 6. The molecule has 2 aliphatic heterocycles. The molecule has 0 radical (unpaired) electrons. The third-order valence-corrected chi connectivity index (χ3v) is 9.51. The van der Waals surface area contributed by atoms with E-state index in [9.17, 15) is 10.2 Å². The number of hydrogen-bond acceptors (Lipinski definition) is 6. The van der Waals surface area contributed by atoms with E-state index < -0.39 is 6.17 Å². The lowest BCUT2D eigenvalue weighted by Crippen LogP contribution is -2.45. The van der Waals surface area contributed by atoms with Gasteiger partial charge in [-0.2, -0.15) is 0 Å². The zero-order valence-electron chi connectivity index (χ0n) is 21.7. The second-order valence-corrected chi connectivity index (χ2v) is 11.5. The predicted molar refractivity (Wildman–Crippen MR) is 142 cm³/mol. The molecule has 0 bridgehead atoms. The molecule has 7 nitrogen and oxygen atoms in total. The summed E-state index contributed by atoms with van der Waals surface area (Å²) in [6.07, 6.45) is 10.3. The lowest BCUT2D eigenvalue weighted by Gasteiger charge is -2.36. The molecule has 1 aromatic heterocycles. The number of aliphatic hydroxyl groups is 1. The minimum Gasteiger partial charge on any atom is -0.508 e. The first-order valence-electron chi connectivity index (χ1n) is 14.1. The zero-order valence-corrected chi connectivity index (χ0v) is 21.7. The number of alkyl halides is 1. The van der Waals surface area contributed by atoms with Crippen molar-refractivity contribution in [2.75, 3.05) is 19.7 Å². The summed E-state index contributed by atoms with van der Waals surface area (Å²) < 4.78 is 15.9. The number of hydrazine groups is 1. The van der Waals surface area contributed by atoms with Gasteiger partial charge in [0.25, 0.3) is 0 Å². The third kappa shape index (κ3) is 4.73. The van der Waals surface area contributed by atoms with Crippen LogP contribution in [0, 0.1) is 11.8 Å². The quantitative estimate of drug-likeness (QED) is 0.404. The smallest absolute Gasteiger partial charge is 0.125 e. The van der Waals surface area contributed by atoms with E-state index in [0.717, 1.165) is 80.7 Å². The van der Waals surface area contributed by atoms with Crippen molar-refractivity contribution in [1.82, 2.24) is 25.7 Å². The molecule has 2 aliphatic carbocycles. The fraction of sp³-hybridized carbons (Fsp3) is 0.621. The summed E-state index contributed by atoms with van der Waals surface area (Å²) in [7, 11) is 0. The van der Waals surface area contributed by atoms with Crippen LogP contribution < -0.4 is 10.9 Å². The molecular formula is C29H40FN5O2. The summed E-state index contributed by atoms with van der Waals surface area (Å²) in [5, 5.41) is 19.3. The molecule has 5 unspecified atom stereocenters. The molecule has 5 N–H and O–H groups in total. The van der Waals surface area contributed by atoms with Crippen LogP contribution in [0.2, 0.25) is 0 Å². The van der Waals surface area contributed by atoms with Crippen LogP contribution in [0.1, 0.15) is 80.1 Å². The maximum atomic E-state index is 15.9. The molecular weight excluding hydrogens is 469 g/mol. The van der Waals surface area contributed by atoms with Gasteiger partial charge in [-0.1, -0.05) is 19.1 Å². The Balaban J connectivity index is 1.10. The standard InChI is InChI=1S/C29H40FN5O2/c1-2-18-13-21(37)7-8-22(18)23-9-10-24-27(26(23)30)33-34-28(24)29-31-14-25(32-29)19-11-12-35(15-19)20-5-3-17(16-36)4-6-20/h7-8,11,13-14,17,20,23-24,26-28,33-34,36-37H,2-6,9-10,12,15-16H2,1H3,(H,31,32). The minimum absolute atomic E-state index is 0.0460. The number of H-pyrrole nitrogens is 1. The normalized spacial score (nSPS) is 34.5. The molecule has 0 spiro atoms. The first kappa shape index (κ1) is 25.0. The lowest BCUT2D eigenvalue weighted by molar-refractivity contribution is 0.131. The summed E-state index contributed by atoms with van der Waals surface area (Å²) in [6, 6.07) is 5.64. The van der Waals surface area contributed by atoms with E-state index in [1.807, 2.05) is 12.3 Å². The van der Waals surface area contributed by atoms with E-state index in [2.05, 4.69) is 33.7 Å². The highest BCUT2D eigenvalue weighted by Crippen LogP contribution is 2.45. The van der Waals surface area contributed by atoms with Crippen molar-refractivity contribution in [3.05, 3.63) is 53.1 Å². The molecule has 5 atom stereocenters. The Bertz CT molecular complexity index is 1130. The van der Waals surface area contributed by atoms with Crippen molar-refractivity contribution in [3.63, 3.8) is 0 Å². The van der Waals surface area contributed by atoms with Crippen molar-refractivity contribution in [3.8, 4) is 5.75 Å². The number of aliphatic hydroxyl groups excluding tert-OH is 1. The number of imidazole rings is 1. The maximum absolute atomic E-state index is 15.9. The van der Waals surface area contributed by atoms with E-state index in [0.29, 0.717) is 18.6 Å². The van der Waals surface area contributed by atoms with E-state index >= 15 is 4.39 Å². The van der Waals surface area contributed by atoms with Crippen LogP contribution in [0.25, 0.3) is 5.57 Å². The largest absolute Gasteiger partial charge is 0.508 e. The number of fused-ring (bicyclic) bond motifs is 1. The number of aryl methyl sites for hydroxylation is 1. The predicted octanol–water partition coefficient (Wildman–Crippen LogP) is 3.98. The van der Waals surface area contributed by atoms with Gasteiger partial charge in [-0.05, 0) is 79.7 Å². The Labute approximate surface area is 218 Å². The number of hydrogen-bond donors (Lipinski definition) is 5. The molecule has 37 heavy (non-hydrogen) atoms. The van der Waals surface area contributed by atoms with Gasteiger partial charge in [0, 0.05) is 37.6 Å². The molecule has 4 aliphatic rings. The summed E-state index contributed by atoms with van der Waals surface area (Å²) in [5.74, 6) is 1.56. The number of phenols is 1. The Morgan fingerprint density at radius 2 is 1.95 bits per heavy atom.